The molecule has 2 aromatic carbocycles. The fourth-order valence-electron chi connectivity index (χ4n) is 2.64. The van der Waals surface area contributed by atoms with Gasteiger partial charge in [0, 0.05) is 22.9 Å². The lowest BCUT2D eigenvalue weighted by atomic mass is 10.1. The first kappa shape index (κ1) is 16.6. The molecule has 1 N–H and O–H groups in total. The fraction of sp³-hybridized carbons (Fsp3) is 0.0455. The summed E-state index contributed by atoms with van der Waals surface area (Å²) in [7, 11) is 0. The van der Waals surface area contributed by atoms with Gasteiger partial charge in [0.25, 0.3) is 5.91 Å². The molecule has 4 aromatic rings. The number of nitrogens with zero attached hydrogens (tertiary/aromatic N) is 3. The summed E-state index contributed by atoms with van der Waals surface area (Å²) in [4.78, 5) is 12.4. The number of carbonyl (C=O) groups excluding carboxylic acids is 1. The Hall–Kier alpha value is -3.91. The summed E-state index contributed by atoms with van der Waals surface area (Å²) in [5.41, 5.74) is 3.15. The number of nitrogens with one attached hydrogen (secondary N) is 1. The molecule has 0 radical (unpaired) electrons. The maximum absolute atomic E-state index is 12.4. The van der Waals surface area contributed by atoms with Crippen molar-refractivity contribution in [1.29, 1.82) is 0 Å². The molecule has 2 aromatic heterocycles. The molecule has 1 amide bonds. The average Bonchev–Trinajstić information content (AvgIpc) is 3.15. The maximum Gasteiger partial charge on any atom is 0.251 e. The highest BCUT2D eigenvalue weighted by molar-refractivity contribution is 5.94. The van der Waals surface area contributed by atoms with Crippen molar-refractivity contribution in [2.45, 2.75) is 6.54 Å². The first-order valence-electron chi connectivity index (χ1n) is 8.53. The normalized spacial score (nSPS) is 10.2. The molecule has 0 fully saturated rings. The summed E-state index contributed by atoms with van der Waals surface area (Å²) in [5.74, 6) is 6.72. The number of hydrogen-bond acceptors (Lipinski definition) is 3. The number of fused-ring (bicyclic) bond motifs is 1. The molecule has 130 valence electrons. The monoisotopic (exact) mass is 352 g/mol. The van der Waals surface area contributed by atoms with Gasteiger partial charge in [-0.1, -0.05) is 36.1 Å². The highest BCUT2D eigenvalue weighted by Crippen LogP contribution is 2.06. The van der Waals surface area contributed by atoms with Crippen LogP contribution >= 0.6 is 0 Å². The van der Waals surface area contributed by atoms with Crippen LogP contribution in [0.25, 0.3) is 5.65 Å². The molecule has 0 atom stereocenters. The second-order valence-electron chi connectivity index (χ2n) is 5.92. The minimum atomic E-state index is -0.162. The zero-order chi connectivity index (χ0) is 18.5. The summed E-state index contributed by atoms with van der Waals surface area (Å²) < 4.78 is 1.85. The smallest absolute Gasteiger partial charge is 0.251 e. The molecule has 0 bridgehead atoms. The lowest BCUT2D eigenvalue weighted by Crippen LogP contribution is -2.23. The highest BCUT2D eigenvalue weighted by atomic mass is 16.1. The van der Waals surface area contributed by atoms with Gasteiger partial charge in [-0.15, -0.1) is 10.2 Å². The van der Waals surface area contributed by atoms with Gasteiger partial charge >= 0.3 is 0 Å². The van der Waals surface area contributed by atoms with E-state index >= 15 is 0 Å². The molecule has 0 unspecified atom stereocenters. The maximum atomic E-state index is 12.4. The fourth-order valence-corrected chi connectivity index (χ4v) is 2.64. The van der Waals surface area contributed by atoms with E-state index in [1.165, 1.54) is 0 Å². The molecule has 27 heavy (non-hydrogen) atoms. The summed E-state index contributed by atoms with van der Waals surface area (Å²) in [5, 5.41) is 11.1. The van der Waals surface area contributed by atoms with Gasteiger partial charge in [0.05, 0.1) is 6.54 Å². The van der Waals surface area contributed by atoms with E-state index in [1.807, 2.05) is 71.3 Å². The topological polar surface area (TPSA) is 59.3 Å². The van der Waals surface area contributed by atoms with Crippen LogP contribution in [0.15, 0.2) is 79.0 Å². The quantitative estimate of drug-likeness (QED) is 0.577. The SMILES string of the molecule is O=C(NCc1nnc2ccccn12)c1ccc(C#Cc2ccccc2)cc1. The Kier molecular flexibility index (Phi) is 4.62. The molecule has 0 saturated carbocycles. The molecule has 4 rings (SSSR count). The average molecular weight is 352 g/mol. The van der Waals surface area contributed by atoms with Crippen LogP contribution in [-0.2, 0) is 6.54 Å². The molecule has 0 aliphatic carbocycles. The van der Waals surface area contributed by atoms with E-state index in [0.29, 0.717) is 17.9 Å². The van der Waals surface area contributed by atoms with E-state index in [4.69, 9.17) is 0 Å². The Balaban J connectivity index is 1.41. The van der Waals surface area contributed by atoms with Gasteiger partial charge in [0.15, 0.2) is 11.5 Å². The van der Waals surface area contributed by atoms with E-state index in [2.05, 4.69) is 27.4 Å². The van der Waals surface area contributed by atoms with Crippen molar-refractivity contribution in [3.8, 4) is 11.8 Å². The van der Waals surface area contributed by atoms with Crippen LogP contribution in [0.3, 0.4) is 0 Å². The highest BCUT2D eigenvalue weighted by Gasteiger charge is 2.08. The number of aromatic nitrogens is 3. The molecule has 5 heteroatoms. The molecular formula is C22H16N4O. The number of carbonyl (C=O) groups is 1. The molecule has 0 spiro atoms. The summed E-state index contributed by atoms with van der Waals surface area (Å²) in [6.45, 7) is 0.305. The molecule has 2 heterocycles. The van der Waals surface area contributed by atoms with Gasteiger partial charge in [-0.25, -0.2) is 0 Å². The minimum Gasteiger partial charge on any atom is -0.345 e. The van der Waals surface area contributed by atoms with Crippen molar-refractivity contribution >= 4 is 11.6 Å². The summed E-state index contributed by atoms with van der Waals surface area (Å²) >= 11 is 0. The van der Waals surface area contributed by atoms with Crippen LogP contribution in [0, 0.1) is 11.8 Å². The Morgan fingerprint density at radius 2 is 1.56 bits per heavy atom. The zero-order valence-corrected chi connectivity index (χ0v) is 14.5. The largest absolute Gasteiger partial charge is 0.345 e. The van der Waals surface area contributed by atoms with Crippen LogP contribution in [0.4, 0.5) is 0 Å². The molecule has 0 saturated heterocycles. The summed E-state index contributed by atoms with van der Waals surface area (Å²) in [6.07, 6.45) is 1.87. The molecule has 0 aliphatic rings. The van der Waals surface area contributed by atoms with Crippen molar-refractivity contribution in [3.63, 3.8) is 0 Å². The van der Waals surface area contributed by atoms with Crippen molar-refractivity contribution in [1.82, 2.24) is 19.9 Å². The van der Waals surface area contributed by atoms with Gasteiger partial charge in [0.1, 0.15) is 0 Å². The lowest BCUT2D eigenvalue weighted by molar-refractivity contribution is 0.0950. The third kappa shape index (κ3) is 3.86. The summed E-state index contributed by atoms with van der Waals surface area (Å²) in [6, 6.07) is 22.7. The van der Waals surface area contributed by atoms with Gasteiger partial charge in [-0.05, 0) is 48.5 Å². The third-order valence-corrected chi connectivity index (χ3v) is 4.06. The Bertz CT molecular complexity index is 1140. The predicted molar refractivity (Wildman–Crippen MR) is 103 cm³/mol. The van der Waals surface area contributed by atoms with Crippen LogP contribution in [-0.4, -0.2) is 20.5 Å². The second kappa shape index (κ2) is 7.54. The number of benzene rings is 2. The van der Waals surface area contributed by atoms with Crippen molar-refractivity contribution in [3.05, 3.63) is 102 Å². The molecular weight excluding hydrogens is 336 g/mol. The zero-order valence-electron chi connectivity index (χ0n) is 14.5. The predicted octanol–water partition coefficient (Wildman–Crippen LogP) is 3.06. The molecule has 5 nitrogen and oxygen atoms in total. The Labute approximate surface area is 156 Å². The van der Waals surface area contributed by atoms with Crippen LogP contribution in [0.1, 0.15) is 27.3 Å². The van der Waals surface area contributed by atoms with Gasteiger partial charge in [-0.3, -0.25) is 9.20 Å². The Morgan fingerprint density at radius 3 is 2.33 bits per heavy atom. The third-order valence-electron chi connectivity index (χ3n) is 4.06. The van der Waals surface area contributed by atoms with Gasteiger partial charge in [0.2, 0.25) is 0 Å². The number of rotatable bonds is 3. The van der Waals surface area contributed by atoms with Crippen molar-refractivity contribution < 1.29 is 4.79 Å². The van der Waals surface area contributed by atoms with Gasteiger partial charge in [-0.2, -0.15) is 0 Å². The van der Waals surface area contributed by atoms with Crippen LogP contribution < -0.4 is 5.32 Å². The second-order valence-corrected chi connectivity index (χ2v) is 5.92. The first-order valence-corrected chi connectivity index (χ1v) is 8.53. The van der Waals surface area contributed by atoms with Crippen LogP contribution in [0.2, 0.25) is 0 Å². The minimum absolute atomic E-state index is 0.162. The van der Waals surface area contributed by atoms with E-state index in [9.17, 15) is 4.79 Å². The van der Waals surface area contributed by atoms with E-state index in [1.54, 1.807) is 12.1 Å². The van der Waals surface area contributed by atoms with Crippen LogP contribution in [0.5, 0.6) is 0 Å². The Morgan fingerprint density at radius 1 is 0.852 bits per heavy atom. The van der Waals surface area contributed by atoms with E-state index in [-0.39, 0.29) is 5.91 Å². The number of pyridine rings is 1. The van der Waals surface area contributed by atoms with E-state index in [0.717, 1.165) is 16.8 Å². The first-order chi connectivity index (χ1) is 13.3. The standard InChI is InChI=1S/C22H16N4O/c27-22(23-16-21-25-24-20-8-4-5-15-26(20)21)19-13-11-18(12-14-19)10-9-17-6-2-1-3-7-17/h1-8,11-15H,16H2,(H,23,27). The van der Waals surface area contributed by atoms with Gasteiger partial charge < -0.3 is 5.32 Å². The number of hydrogen-bond donors (Lipinski definition) is 1. The van der Waals surface area contributed by atoms with Crippen molar-refractivity contribution in [2.75, 3.05) is 0 Å². The van der Waals surface area contributed by atoms with Crippen molar-refractivity contribution in [2.24, 2.45) is 0 Å². The van der Waals surface area contributed by atoms with E-state index < -0.39 is 0 Å². The number of amides is 1. The molecule has 0 aliphatic heterocycles. The lowest BCUT2D eigenvalue weighted by Gasteiger charge is -2.04.